The molecule has 12 nitrogen and oxygen atoms in total. The van der Waals surface area contributed by atoms with Crippen molar-refractivity contribution in [2.75, 3.05) is 55.6 Å². The molecule has 1 aliphatic carbocycles. The lowest BCUT2D eigenvalue weighted by molar-refractivity contribution is -0.0173. The maximum atomic E-state index is 16.7. The van der Waals surface area contributed by atoms with Crippen molar-refractivity contribution < 1.29 is 23.8 Å². The lowest BCUT2D eigenvalue weighted by Gasteiger charge is -2.44. The Labute approximate surface area is 415 Å². The van der Waals surface area contributed by atoms with Gasteiger partial charge in [0.2, 0.25) is 0 Å². The van der Waals surface area contributed by atoms with Crippen LogP contribution in [0, 0.1) is 26.6 Å². The number of aliphatic imine (C=N–C) groups is 1. The number of nitrogens with zero attached hydrogens (tertiary/aromatic N) is 8. The standard InChI is InChI=1S/C55H54ClFN8O4S/c1-33-34(2)70-53-49(33)51(59-47(31-48-58-21-28-69-48)52-61-60-35(3)65(52)53)36-11-14-39(15-12-36)63-22-19-55(68,20-23-63)32-62-24-26-64(27-25-62)40-16-18-44(46(57)30-40)50-41-17-13-38(54(66)67)29-37(41)7-6-9-43(50)42-8-4-5-10-45(42)56/h4-5,8,10-18,21,28-30,47,68H,6-7,9,19-20,22-27,31-32H2,1-3H3,(H,66,67)/t47-/m0/s1. The molecular weight excluding hydrogens is 923 g/mol. The van der Waals surface area contributed by atoms with Crippen molar-refractivity contribution in [1.82, 2.24) is 24.6 Å². The number of thiophene rings is 1. The van der Waals surface area contributed by atoms with Gasteiger partial charge >= 0.3 is 5.97 Å². The van der Waals surface area contributed by atoms with Gasteiger partial charge < -0.3 is 24.4 Å². The van der Waals surface area contributed by atoms with Crippen LogP contribution in [0.1, 0.15) is 103 Å². The number of aromatic carboxylic acids is 1. The zero-order valence-electron chi connectivity index (χ0n) is 39.5. The zero-order chi connectivity index (χ0) is 48.3. The zero-order valence-corrected chi connectivity index (χ0v) is 41.0. The summed E-state index contributed by atoms with van der Waals surface area (Å²) >= 11 is 8.51. The van der Waals surface area contributed by atoms with Gasteiger partial charge in [-0.15, -0.1) is 21.5 Å². The SMILES string of the molecule is Cc1sc2c(c1C)C(c1ccc(N3CCC(O)(CN4CCN(c5ccc(C6=C(c7ccccc7Cl)CCCc7cc(C(=O)O)ccc76)c(F)c5)CC4)CC3)cc1)=N[C@@H](Cc1ncco1)c1nnc(C)n1-2. The Hall–Kier alpha value is -6.45. The fourth-order valence-electron chi connectivity index (χ4n) is 10.9. The molecule has 7 aromatic rings. The molecule has 4 aliphatic rings. The number of carboxylic acids is 1. The highest BCUT2D eigenvalue weighted by Gasteiger charge is 2.36. The van der Waals surface area contributed by atoms with E-state index < -0.39 is 11.6 Å². The summed E-state index contributed by atoms with van der Waals surface area (Å²) in [6.45, 7) is 11.3. The van der Waals surface area contributed by atoms with Gasteiger partial charge in [-0.3, -0.25) is 14.5 Å². The summed E-state index contributed by atoms with van der Waals surface area (Å²) in [4.78, 5) is 29.9. The van der Waals surface area contributed by atoms with E-state index in [4.69, 9.17) is 21.0 Å². The van der Waals surface area contributed by atoms with Gasteiger partial charge in [0.05, 0.1) is 29.5 Å². The quantitative estimate of drug-likeness (QED) is 0.136. The van der Waals surface area contributed by atoms with Crippen LogP contribution < -0.4 is 9.80 Å². The molecule has 358 valence electrons. The monoisotopic (exact) mass is 976 g/mol. The molecule has 1 atom stereocenters. The van der Waals surface area contributed by atoms with E-state index in [2.05, 4.69) is 72.6 Å². The van der Waals surface area contributed by atoms with Crippen molar-refractivity contribution in [1.29, 1.82) is 0 Å². The van der Waals surface area contributed by atoms with Crippen molar-refractivity contribution in [2.24, 2.45) is 4.99 Å². The number of aryl methyl sites for hydroxylation is 3. The predicted octanol–water partition coefficient (Wildman–Crippen LogP) is 10.3. The number of β-amino-alcohol motifs (C(OH)–C–C–N with tert-alkyl or cyclic N) is 1. The largest absolute Gasteiger partial charge is 0.478 e. The number of carboxylic acid groups (broad SMARTS) is 1. The van der Waals surface area contributed by atoms with Gasteiger partial charge in [0, 0.05) is 83.8 Å². The van der Waals surface area contributed by atoms with Gasteiger partial charge in [0.15, 0.2) is 11.7 Å². The van der Waals surface area contributed by atoms with Crippen LogP contribution >= 0.6 is 22.9 Å². The van der Waals surface area contributed by atoms with E-state index in [1.807, 2.05) is 49.4 Å². The van der Waals surface area contributed by atoms with Gasteiger partial charge in [-0.2, -0.15) is 0 Å². The second kappa shape index (κ2) is 18.7. The molecule has 0 amide bonds. The Morgan fingerprint density at radius 1 is 0.871 bits per heavy atom. The number of halogens is 2. The highest BCUT2D eigenvalue weighted by molar-refractivity contribution is 7.15. The molecule has 0 spiro atoms. The topological polar surface area (TPSA) is 136 Å². The fourth-order valence-corrected chi connectivity index (χ4v) is 12.4. The van der Waals surface area contributed by atoms with Crippen LogP contribution in [-0.2, 0) is 12.8 Å². The molecule has 0 bridgehead atoms. The summed E-state index contributed by atoms with van der Waals surface area (Å²) in [5.74, 6) is 0.867. The van der Waals surface area contributed by atoms with Gasteiger partial charge in [0.25, 0.3) is 0 Å². The minimum atomic E-state index is -0.985. The number of allylic oxidation sites excluding steroid dienone is 1. The number of aromatic nitrogens is 4. The molecule has 3 aromatic heterocycles. The molecule has 2 fully saturated rings. The molecule has 4 aromatic carbocycles. The number of oxazole rings is 1. The molecule has 70 heavy (non-hydrogen) atoms. The molecule has 2 saturated heterocycles. The minimum absolute atomic E-state index is 0.219. The third-order valence-corrected chi connectivity index (χ3v) is 16.3. The van der Waals surface area contributed by atoms with E-state index >= 15 is 4.39 Å². The molecule has 11 rings (SSSR count). The molecule has 0 unspecified atom stereocenters. The number of aliphatic hydroxyl groups is 1. The Balaban J connectivity index is 0.754. The van der Waals surface area contributed by atoms with Crippen molar-refractivity contribution in [3.8, 4) is 5.00 Å². The van der Waals surface area contributed by atoms with Crippen molar-refractivity contribution in [2.45, 2.75) is 70.9 Å². The molecule has 2 N–H and O–H groups in total. The van der Waals surface area contributed by atoms with Crippen LogP contribution in [0.3, 0.4) is 0 Å². The molecule has 15 heteroatoms. The molecule has 0 radical (unpaired) electrons. The third kappa shape index (κ3) is 8.65. The fraction of sp³-hybridized carbons (Fsp3) is 0.327. The smallest absolute Gasteiger partial charge is 0.335 e. The van der Waals surface area contributed by atoms with Crippen molar-refractivity contribution in [3.05, 3.63) is 175 Å². The Morgan fingerprint density at radius 2 is 1.61 bits per heavy atom. The Morgan fingerprint density at radius 3 is 2.34 bits per heavy atom. The lowest BCUT2D eigenvalue weighted by Crippen LogP contribution is -2.55. The van der Waals surface area contributed by atoms with Crippen LogP contribution in [0.5, 0.6) is 0 Å². The minimum Gasteiger partial charge on any atom is -0.478 e. The van der Waals surface area contributed by atoms with E-state index in [-0.39, 0.29) is 17.4 Å². The van der Waals surface area contributed by atoms with E-state index in [9.17, 15) is 15.0 Å². The van der Waals surface area contributed by atoms with Crippen LogP contribution in [0.25, 0.3) is 16.1 Å². The van der Waals surface area contributed by atoms with Gasteiger partial charge in [-0.1, -0.05) is 48.0 Å². The highest BCUT2D eigenvalue weighted by atomic mass is 35.5. The van der Waals surface area contributed by atoms with Crippen LogP contribution in [0.2, 0.25) is 5.02 Å². The number of benzene rings is 4. The van der Waals surface area contributed by atoms with Crippen molar-refractivity contribution in [3.63, 3.8) is 0 Å². The second-order valence-electron chi connectivity index (χ2n) is 19.1. The summed E-state index contributed by atoms with van der Waals surface area (Å²) in [6.07, 6.45) is 7.13. The number of piperidine rings is 1. The summed E-state index contributed by atoms with van der Waals surface area (Å²) in [7, 11) is 0. The molecular formula is C55H54ClFN8O4S. The first kappa shape index (κ1) is 46.0. The average Bonchev–Trinajstić information content (AvgIpc) is 4.03. The maximum absolute atomic E-state index is 16.7. The van der Waals surface area contributed by atoms with Crippen molar-refractivity contribution >= 4 is 57.1 Å². The second-order valence-corrected chi connectivity index (χ2v) is 20.7. The number of hydrogen-bond acceptors (Lipinski definition) is 11. The highest BCUT2D eigenvalue weighted by Crippen LogP contribution is 2.44. The molecule has 3 aliphatic heterocycles. The average molecular weight is 978 g/mol. The number of hydrogen-bond donors (Lipinski definition) is 2. The normalized spacial score (nSPS) is 18.2. The maximum Gasteiger partial charge on any atom is 0.335 e. The number of rotatable bonds is 10. The van der Waals surface area contributed by atoms with Gasteiger partial charge in [0.1, 0.15) is 28.9 Å². The van der Waals surface area contributed by atoms with E-state index in [0.717, 1.165) is 105 Å². The first-order chi connectivity index (χ1) is 33.9. The Bertz CT molecular complexity index is 3180. The first-order valence-corrected chi connectivity index (χ1v) is 25.3. The summed E-state index contributed by atoms with van der Waals surface area (Å²) in [5, 5.41) is 32.5. The lowest BCUT2D eigenvalue weighted by atomic mass is 9.87. The van der Waals surface area contributed by atoms with Crippen LogP contribution in [0.4, 0.5) is 15.8 Å². The number of anilines is 2. The predicted molar refractivity (Wildman–Crippen MR) is 274 cm³/mol. The van der Waals surface area contributed by atoms with Crippen LogP contribution in [0.15, 0.2) is 107 Å². The van der Waals surface area contributed by atoms with Gasteiger partial charge in [-0.05, 0) is 135 Å². The third-order valence-electron chi connectivity index (χ3n) is 14.8. The van der Waals surface area contributed by atoms with Gasteiger partial charge in [-0.25, -0.2) is 14.2 Å². The first-order valence-electron chi connectivity index (χ1n) is 24.1. The number of fused-ring (bicyclic) bond motifs is 4. The van der Waals surface area contributed by atoms with E-state index in [0.29, 0.717) is 68.2 Å². The van der Waals surface area contributed by atoms with E-state index in [1.165, 1.54) is 10.4 Å². The summed E-state index contributed by atoms with van der Waals surface area (Å²) < 4.78 is 24.5. The summed E-state index contributed by atoms with van der Waals surface area (Å²) in [6, 6.07) is 26.6. The number of piperazine rings is 1. The number of carbonyl (C=O) groups is 1. The molecule has 0 saturated carbocycles. The van der Waals surface area contributed by atoms with Crippen LogP contribution in [-0.4, -0.2) is 98.0 Å². The summed E-state index contributed by atoms with van der Waals surface area (Å²) in [5.41, 5.74) is 10.3. The van der Waals surface area contributed by atoms with E-state index in [1.54, 1.807) is 42.0 Å². The molecule has 6 heterocycles. The Kier molecular flexibility index (Phi) is 12.3.